The number of rotatable bonds is 10. The van der Waals surface area contributed by atoms with Crippen molar-refractivity contribution in [2.45, 2.75) is 33.4 Å². The van der Waals surface area contributed by atoms with Crippen LogP contribution in [-0.4, -0.2) is 53.7 Å². The zero-order valence-electron chi connectivity index (χ0n) is 19.8. The zero-order chi connectivity index (χ0) is 25.0. The average Bonchev–Trinajstić information content (AvgIpc) is 3.26. The van der Waals surface area contributed by atoms with E-state index < -0.39 is 28.8 Å². The number of oxazole rings is 1. The molecular formula is C24H29N3O6S. The van der Waals surface area contributed by atoms with E-state index in [1.807, 2.05) is 32.0 Å². The van der Waals surface area contributed by atoms with Crippen LogP contribution in [-0.2, 0) is 21.6 Å². The van der Waals surface area contributed by atoms with Crippen LogP contribution < -0.4 is 4.74 Å². The average molecular weight is 488 g/mol. The molecule has 182 valence electrons. The first kappa shape index (κ1) is 25.4. The van der Waals surface area contributed by atoms with E-state index >= 15 is 0 Å². The third-order valence-corrected chi connectivity index (χ3v) is 7.37. The van der Waals surface area contributed by atoms with Crippen LogP contribution in [0.2, 0.25) is 0 Å². The van der Waals surface area contributed by atoms with Crippen molar-refractivity contribution in [3.63, 3.8) is 0 Å². The van der Waals surface area contributed by atoms with Gasteiger partial charge in [0.1, 0.15) is 30.9 Å². The number of carboxylic acids is 1. The van der Waals surface area contributed by atoms with Crippen molar-refractivity contribution < 1.29 is 27.5 Å². The topological polar surface area (TPSA) is 113 Å². The minimum Gasteiger partial charge on any atom is -0.487 e. The third kappa shape index (κ3) is 5.82. The SMILES string of the molecule is Cc1ccc(C)c(-c2nc(COc3ccc(C(C)N(CC(=O)O)S(=O)(=O)N(C)C)cc3)co2)c1. The van der Waals surface area contributed by atoms with Gasteiger partial charge in [0.15, 0.2) is 0 Å². The highest BCUT2D eigenvalue weighted by Gasteiger charge is 2.32. The highest BCUT2D eigenvalue weighted by molar-refractivity contribution is 7.86. The fraction of sp³-hybridized carbons (Fsp3) is 0.333. The van der Waals surface area contributed by atoms with Gasteiger partial charge in [-0.25, -0.2) is 4.98 Å². The van der Waals surface area contributed by atoms with E-state index in [0.717, 1.165) is 25.3 Å². The van der Waals surface area contributed by atoms with Gasteiger partial charge in [0.05, 0.1) is 0 Å². The van der Waals surface area contributed by atoms with E-state index in [2.05, 4.69) is 4.98 Å². The van der Waals surface area contributed by atoms with E-state index in [9.17, 15) is 18.3 Å². The lowest BCUT2D eigenvalue weighted by Crippen LogP contribution is -2.44. The molecule has 0 radical (unpaired) electrons. The van der Waals surface area contributed by atoms with Crippen LogP contribution in [0.3, 0.4) is 0 Å². The van der Waals surface area contributed by atoms with Gasteiger partial charge >= 0.3 is 5.97 Å². The van der Waals surface area contributed by atoms with Gasteiger partial charge < -0.3 is 14.3 Å². The van der Waals surface area contributed by atoms with Crippen molar-refractivity contribution in [2.75, 3.05) is 20.6 Å². The molecule has 2 aromatic carbocycles. The maximum atomic E-state index is 12.6. The summed E-state index contributed by atoms with van der Waals surface area (Å²) in [6, 6.07) is 12.2. The number of benzene rings is 2. The van der Waals surface area contributed by atoms with Crippen LogP contribution in [0.25, 0.3) is 11.5 Å². The number of carbonyl (C=O) groups is 1. The van der Waals surface area contributed by atoms with Crippen molar-refractivity contribution in [3.8, 4) is 17.2 Å². The molecule has 0 saturated carbocycles. The first-order chi connectivity index (χ1) is 16.0. The number of aromatic nitrogens is 1. The Bertz CT molecular complexity index is 1250. The molecular weight excluding hydrogens is 458 g/mol. The van der Waals surface area contributed by atoms with Gasteiger partial charge in [-0.05, 0) is 50.1 Å². The Morgan fingerprint density at radius 3 is 2.44 bits per heavy atom. The summed E-state index contributed by atoms with van der Waals surface area (Å²) >= 11 is 0. The molecule has 0 aliphatic heterocycles. The molecule has 1 atom stereocenters. The second-order valence-electron chi connectivity index (χ2n) is 8.23. The van der Waals surface area contributed by atoms with Crippen LogP contribution in [0.5, 0.6) is 5.75 Å². The van der Waals surface area contributed by atoms with Crippen LogP contribution in [0.15, 0.2) is 53.1 Å². The minimum atomic E-state index is -3.93. The van der Waals surface area contributed by atoms with Crippen molar-refractivity contribution >= 4 is 16.2 Å². The van der Waals surface area contributed by atoms with Gasteiger partial charge in [0.2, 0.25) is 5.89 Å². The number of aliphatic carboxylic acids is 1. The van der Waals surface area contributed by atoms with E-state index in [1.54, 1.807) is 37.5 Å². The standard InChI is InChI=1S/C24H29N3O6S/c1-16-6-7-17(2)22(12-16)24-25-20(15-33-24)14-32-21-10-8-19(9-11-21)18(3)27(13-23(28)29)34(30,31)26(4)5/h6-12,15,18H,13-14H2,1-5H3,(H,28,29). The maximum absolute atomic E-state index is 12.6. The Balaban J connectivity index is 1.69. The van der Waals surface area contributed by atoms with Crippen LogP contribution in [0.4, 0.5) is 0 Å². The fourth-order valence-corrected chi connectivity index (χ4v) is 4.61. The molecule has 0 spiro atoms. The number of carboxylic acid groups (broad SMARTS) is 1. The molecule has 1 N–H and O–H groups in total. The number of hydrogen-bond acceptors (Lipinski definition) is 6. The second kappa shape index (κ2) is 10.4. The molecule has 0 saturated heterocycles. The monoisotopic (exact) mass is 487 g/mol. The Kier molecular flexibility index (Phi) is 7.75. The number of nitrogens with zero attached hydrogens (tertiary/aromatic N) is 3. The van der Waals surface area contributed by atoms with Crippen LogP contribution in [0, 0.1) is 13.8 Å². The molecule has 0 fully saturated rings. The molecule has 1 heterocycles. The van der Waals surface area contributed by atoms with Gasteiger partial charge in [-0.2, -0.15) is 17.0 Å². The van der Waals surface area contributed by atoms with Gasteiger partial charge in [0.25, 0.3) is 10.2 Å². The molecule has 0 aliphatic carbocycles. The van der Waals surface area contributed by atoms with Crippen molar-refractivity contribution in [1.82, 2.24) is 13.6 Å². The van der Waals surface area contributed by atoms with Crippen molar-refractivity contribution in [3.05, 3.63) is 71.1 Å². The summed E-state index contributed by atoms with van der Waals surface area (Å²) in [6.07, 6.45) is 1.56. The van der Waals surface area contributed by atoms with Gasteiger partial charge in [-0.1, -0.05) is 29.8 Å². The number of ether oxygens (including phenoxy) is 1. The summed E-state index contributed by atoms with van der Waals surface area (Å²) in [6.45, 7) is 5.21. The fourth-order valence-electron chi connectivity index (χ4n) is 3.39. The molecule has 3 rings (SSSR count). The lowest BCUT2D eigenvalue weighted by Gasteiger charge is -2.29. The van der Waals surface area contributed by atoms with E-state index in [0.29, 0.717) is 22.9 Å². The molecule has 34 heavy (non-hydrogen) atoms. The molecule has 0 bridgehead atoms. The Morgan fingerprint density at radius 1 is 1.15 bits per heavy atom. The highest BCUT2D eigenvalue weighted by atomic mass is 32.2. The maximum Gasteiger partial charge on any atom is 0.318 e. The first-order valence-electron chi connectivity index (χ1n) is 10.6. The molecule has 10 heteroatoms. The number of aryl methyl sites for hydroxylation is 2. The van der Waals surface area contributed by atoms with Gasteiger partial charge in [-0.15, -0.1) is 0 Å². The van der Waals surface area contributed by atoms with E-state index in [4.69, 9.17) is 9.15 Å². The molecule has 1 unspecified atom stereocenters. The molecule has 0 amide bonds. The zero-order valence-corrected chi connectivity index (χ0v) is 20.7. The molecule has 1 aromatic heterocycles. The van der Waals surface area contributed by atoms with Crippen LogP contribution >= 0.6 is 0 Å². The summed E-state index contributed by atoms with van der Waals surface area (Å²) in [7, 11) is -1.20. The molecule has 9 nitrogen and oxygen atoms in total. The normalized spacial score (nSPS) is 12.8. The largest absolute Gasteiger partial charge is 0.487 e. The third-order valence-electron chi connectivity index (χ3n) is 5.41. The van der Waals surface area contributed by atoms with E-state index in [1.165, 1.54) is 14.1 Å². The van der Waals surface area contributed by atoms with Crippen molar-refractivity contribution in [1.29, 1.82) is 0 Å². The Hall–Kier alpha value is -3.21. The highest BCUT2D eigenvalue weighted by Crippen LogP contribution is 2.27. The summed E-state index contributed by atoms with van der Waals surface area (Å²) in [5.74, 6) is -0.137. The smallest absolute Gasteiger partial charge is 0.318 e. The Morgan fingerprint density at radius 2 is 1.82 bits per heavy atom. The second-order valence-corrected chi connectivity index (χ2v) is 10.3. The summed E-state index contributed by atoms with van der Waals surface area (Å²) in [4.78, 5) is 15.8. The summed E-state index contributed by atoms with van der Waals surface area (Å²) in [5.41, 5.74) is 4.39. The first-order valence-corrected chi connectivity index (χ1v) is 12.0. The quantitative estimate of drug-likeness (QED) is 0.463. The lowest BCUT2D eigenvalue weighted by molar-refractivity contribution is -0.137. The lowest BCUT2D eigenvalue weighted by atomic mass is 10.1. The van der Waals surface area contributed by atoms with Gasteiger partial charge in [-0.3, -0.25) is 4.79 Å². The Labute approximate surface area is 199 Å². The van der Waals surface area contributed by atoms with Crippen molar-refractivity contribution in [2.24, 2.45) is 0 Å². The minimum absolute atomic E-state index is 0.198. The van der Waals surface area contributed by atoms with E-state index in [-0.39, 0.29) is 6.61 Å². The summed E-state index contributed by atoms with van der Waals surface area (Å²) in [5, 5.41) is 9.19. The predicted molar refractivity (Wildman–Crippen MR) is 128 cm³/mol. The molecule has 0 aliphatic rings. The van der Waals surface area contributed by atoms with Crippen LogP contribution in [0.1, 0.15) is 35.3 Å². The predicted octanol–water partition coefficient (Wildman–Crippen LogP) is 3.79. The number of hydrogen-bond donors (Lipinski definition) is 1. The van der Waals surface area contributed by atoms with Gasteiger partial charge in [0, 0.05) is 25.7 Å². The molecule has 3 aromatic rings. The summed E-state index contributed by atoms with van der Waals surface area (Å²) < 4.78 is 38.6.